The van der Waals surface area contributed by atoms with Crippen LogP contribution >= 0.6 is 0 Å². The first-order chi connectivity index (χ1) is 12.0. The molecule has 25 heavy (non-hydrogen) atoms. The molecule has 0 bridgehead atoms. The molecule has 0 spiro atoms. The van der Waals surface area contributed by atoms with Crippen LogP contribution in [0.25, 0.3) is 0 Å². The van der Waals surface area contributed by atoms with Gasteiger partial charge in [-0.05, 0) is 35.9 Å². The van der Waals surface area contributed by atoms with E-state index in [1.54, 1.807) is 26.3 Å². The minimum Gasteiger partial charge on any atom is -0.497 e. The molecule has 7 nitrogen and oxygen atoms in total. The van der Waals surface area contributed by atoms with E-state index in [2.05, 4.69) is 5.32 Å². The van der Waals surface area contributed by atoms with Crippen molar-refractivity contribution in [1.82, 2.24) is 4.90 Å². The standard InChI is InChI=1S/C18H18N2O5/c1-20(10-12-3-6-14(25-2)7-4-12)17(22)15-9-13(18(23)24)5-8-16(15)19-11-21/h3-9,11H,10H2,1-2H3,(H,19,21)(H,23,24). The van der Waals surface area contributed by atoms with Crippen LogP contribution in [-0.4, -0.2) is 42.5 Å². The van der Waals surface area contributed by atoms with Crippen molar-refractivity contribution in [1.29, 1.82) is 0 Å². The van der Waals surface area contributed by atoms with Gasteiger partial charge < -0.3 is 20.1 Å². The first-order valence-electron chi connectivity index (χ1n) is 7.42. The predicted octanol–water partition coefficient (Wildman–Crippen LogP) is 2.23. The molecule has 0 fully saturated rings. The van der Waals surface area contributed by atoms with Gasteiger partial charge in [0.1, 0.15) is 5.75 Å². The SMILES string of the molecule is COc1ccc(CN(C)C(=O)c2cc(C(=O)O)ccc2NC=O)cc1. The second-order valence-corrected chi connectivity index (χ2v) is 5.34. The number of carbonyl (C=O) groups excluding carboxylic acids is 2. The van der Waals surface area contributed by atoms with Gasteiger partial charge in [-0.15, -0.1) is 0 Å². The Balaban J connectivity index is 2.25. The number of carboxylic acids is 1. The number of nitrogens with zero attached hydrogens (tertiary/aromatic N) is 1. The van der Waals surface area contributed by atoms with Gasteiger partial charge in [0.15, 0.2) is 0 Å². The minimum atomic E-state index is -1.15. The second kappa shape index (κ2) is 7.96. The van der Waals surface area contributed by atoms with Crippen LogP contribution < -0.4 is 10.1 Å². The Kier molecular flexibility index (Phi) is 5.73. The zero-order valence-electron chi connectivity index (χ0n) is 13.9. The normalized spacial score (nSPS) is 10.0. The summed E-state index contributed by atoms with van der Waals surface area (Å²) in [5.74, 6) is -0.836. The van der Waals surface area contributed by atoms with Crippen molar-refractivity contribution in [3.63, 3.8) is 0 Å². The quantitative estimate of drug-likeness (QED) is 0.752. The van der Waals surface area contributed by atoms with Crippen molar-refractivity contribution in [3.8, 4) is 5.75 Å². The van der Waals surface area contributed by atoms with Crippen molar-refractivity contribution >= 4 is 24.0 Å². The van der Waals surface area contributed by atoms with Gasteiger partial charge in [0.25, 0.3) is 5.91 Å². The fraction of sp³-hybridized carbons (Fsp3) is 0.167. The summed E-state index contributed by atoms with van der Waals surface area (Å²) in [7, 11) is 3.17. The van der Waals surface area contributed by atoms with Crippen molar-refractivity contribution in [2.75, 3.05) is 19.5 Å². The van der Waals surface area contributed by atoms with E-state index in [1.807, 2.05) is 12.1 Å². The molecule has 0 aromatic heterocycles. The molecule has 2 N–H and O–H groups in total. The van der Waals surface area contributed by atoms with Gasteiger partial charge >= 0.3 is 5.97 Å². The monoisotopic (exact) mass is 342 g/mol. The molecule has 0 aliphatic carbocycles. The number of amides is 2. The number of ether oxygens (including phenoxy) is 1. The van der Waals surface area contributed by atoms with Gasteiger partial charge in [-0.1, -0.05) is 12.1 Å². The van der Waals surface area contributed by atoms with Crippen LogP contribution in [0.1, 0.15) is 26.3 Å². The highest BCUT2D eigenvalue weighted by molar-refractivity contribution is 6.03. The van der Waals surface area contributed by atoms with E-state index in [-0.39, 0.29) is 16.8 Å². The number of nitrogens with one attached hydrogen (secondary N) is 1. The average Bonchev–Trinajstić information content (AvgIpc) is 2.62. The molecule has 2 rings (SSSR count). The lowest BCUT2D eigenvalue weighted by molar-refractivity contribution is -0.105. The Morgan fingerprint density at radius 2 is 1.88 bits per heavy atom. The molecule has 0 heterocycles. The molecular weight excluding hydrogens is 324 g/mol. The lowest BCUT2D eigenvalue weighted by Gasteiger charge is -2.19. The van der Waals surface area contributed by atoms with Gasteiger partial charge in [-0.3, -0.25) is 9.59 Å². The molecule has 2 amide bonds. The van der Waals surface area contributed by atoms with E-state index >= 15 is 0 Å². The summed E-state index contributed by atoms with van der Waals surface area (Å²) in [6.07, 6.45) is 0.441. The van der Waals surface area contributed by atoms with Crippen molar-refractivity contribution in [2.45, 2.75) is 6.54 Å². The molecular formula is C18H18N2O5. The lowest BCUT2D eigenvalue weighted by atomic mass is 10.1. The van der Waals surface area contributed by atoms with Crippen LogP contribution in [0.4, 0.5) is 5.69 Å². The predicted molar refractivity (Wildman–Crippen MR) is 91.9 cm³/mol. The van der Waals surface area contributed by atoms with E-state index < -0.39 is 11.9 Å². The largest absolute Gasteiger partial charge is 0.497 e. The maximum atomic E-state index is 12.7. The Morgan fingerprint density at radius 3 is 2.44 bits per heavy atom. The Morgan fingerprint density at radius 1 is 1.20 bits per heavy atom. The first-order valence-corrected chi connectivity index (χ1v) is 7.42. The molecule has 130 valence electrons. The molecule has 0 saturated heterocycles. The van der Waals surface area contributed by atoms with E-state index in [4.69, 9.17) is 9.84 Å². The third-order valence-corrected chi connectivity index (χ3v) is 3.64. The number of carbonyl (C=O) groups is 3. The fourth-order valence-electron chi connectivity index (χ4n) is 2.33. The highest BCUT2D eigenvalue weighted by atomic mass is 16.5. The molecule has 7 heteroatoms. The Labute approximate surface area is 144 Å². The molecule has 2 aromatic rings. The lowest BCUT2D eigenvalue weighted by Crippen LogP contribution is -2.27. The molecule has 0 radical (unpaired) electrons. The van der Waals surface area contributed by atoms with Crippen LogP contribution in [-0.2, 0) is 11.3 Å². The van der Waals surface area contributed by atoms with Crippen LogP contribution in [0.5, 0.6) is 5.75 Å². The summed E-state index contributed by atoms with van der Waals surface area (Å²) < 4.78 is 5.09. The van der Waals surface area contributed by atoms with E-state index in [0.717, 1.165) is 5.56 Å². The molecule has 0 aliphatic rings. The number of anilines is 1. The minimum absolute atomic E-state index is 0.0300. The average molecular weight is 342 g/mol. The number of rotatable bonds is 7. The maximum absolute atomic E-state index is 12.7. The molecule has 2 aromatic carbocycles. The second-order valence-electron chi connectivity index (χ2n) is 5.34. The summed E-state index contributed by atoms with van der Waals surface area (Å²) in [5.41, 5.74) is 1.23. The molecule has 0 atom stereocenters. The van der Waals surface area contributed by atoms with Gasteiger partial charge in [0, 0.05) is 13.6 Å². The number of benzene rings is 2. The van der Waals surface area contributed by atoms with Gasteiger partial charge in [-0.2, -0.15) is 0 Å². The van der Waals surface area contributed by atoms with Gasteiger partial charge in [0.2, 0.25) is 6.41 Å². The number of hydrogen-bond acceptors (Lipinski definition) is 4. The van der Waals surface area contributed by atoms with Crippen LogP contribution in [0, 0.1) is 0 Å². The maximum Gasteiger partial charge on any atom is 0.335 e. The van der Waals surface area contributed by atoms with E-state index in [0.29, 0.717) is 18.7 Å². The number of carboxylic acid groups (broad SMARTS) is 1. The van der Waals surface area contributed by atoms with Gasteiger partial charge in [0.05, 0.1) is 23.9 Å². The van der Waals surface area contributed by atoms with Crippen molar-refractivity contribution in [3.05, 3.63) is 59.2 Å². The van der Waals surface area contributed by atoms with Crippen LogP contribution in [0.15, 0.2) is 42.5 Å². The first kappa shape index (κ1) is 18.0. The fourth-order valence-corrected chi connectivity index (χ4v) is 2.33. The van der Waals surface area contributed by atoms with Crippen LogP contribution in [0.3, 0.4) is 0 Å². The Hall–Kier alpha value is -3.35. The van der Waals surface area contributed by atoms with Crippen molar-refractivity contribution < 1.29 is 24.2 Å². The highest BCUT2D eigenvalue weighted by Crippen LogP contribution is 2.20. The molecule has 0 aliphatic heterocycles. The smallest absolute Gasteiger partial charge is 0.335 e. The van der Waals surface area contributed by atoms with E-state index in [1.165, 1.54) is 23.1 Å². The summed E-state index contributed by atoms with van der Waals surface area (Å²) in [4.78, 5) is 36.0. The third kappa shape index (κ3) is 4.35. The third-order valence-electron chi connectivity index (χ3n) is 3.64. The van der Waals surface area contributed by atoms with Crippen LogP contribution in [0.2, 0.25) is 0 Å². The summed E-state index contributed by atoms with van der Waals surface area (Å²) in [6, 6.07) is 11.2. The number of methoxy groups -OCH3 is 1. The summed E-state index contributed by atoms with van der Waals surface area (Å²) in [6.45, 7) is 0.320. The van der Waals surface area contributed by atoms with Gasteiger partial charge in [-0.25, -0.2) is 4.79 Å². The summed E-state index contributed by atoms with van der Waals surface area (Å²) >= 11 is 0. The zero-order valence-corrected chi connectivity index (χ0v) is 13.9. The number of hydrogen-bond donors (Lipinski definition) is 2. The highest BCUT2D eigenvalue weighted by Gasteiger charge is 2.18. The molecule has 0 unspecified atom stereocenters. The van der Waals surface area contributed by atoms with E-state index in [9.17, 15) is 14.4 Å². The topological polar surface area (TPSA) is 95.9 Å². The van der Waals surface area contributed by atoms with Crippen molar-refractivity contribution in [2.24, 2.45) is 0 Å². The number of aromatic carboxylic acids is 1. The summed E-state index contributed by atoms with van der Waals surface area (Å²) in [5, 5.41) is 11.5. The Bertz CT molecular complexity index is 787. The zero-order chi connectivity index (χ0) is 18.4. The molecule has 0 saturated carbocycles.